The molecule has 2 amide bonds. The molecule has 1 unspecified atom stereocenters. The summed E-state index contributed by atoms with van der Waals surface area (Å²) < 4.78 is 39.0. The summed E-state index contributed by atoms with van der Waals surface area (Å²) in [4.78, 5) is 15.7. The fraction of sp³-hybridized carbons (Fsp3) is 0.417. The van der Waals surface area contributed by atoms with Crippen molar-refractivity contribution in [2.45, 2.75) is 72.0 Å². The third-order valence-electron chi connectivity index (χ3n) is 9.33. The van der Waals surface area contributed by atoms with Crippen LogP contribution in [0.5, 0.6) is 17.2 Å². The number of carbonyl (C=O) groups excluding carboxylic acids is 1. The number of aromatic nitrogens is 3. The van der Waals surface area contributed by atoms with Gasteiger partial charge >= 0.3 is 6.03 Å². The summed E-state index contributed by atoms with van der Waals surface area (Å²) >= 11 is 3.72. The van der Waals surface area contributed by atoms with E-state index in [9.17, 15) is 18.7 Å². The van der Waals surface area contributed by atoms with Crippen LogP contribution < -0.4 is 24.8 Å². The minimum Gasteiger partial charge on any atom is -0.760 e. The first-order valence-electron chi connectivity index (χ1n) is 16.9. The number of ether oxygens (including phenoxy) is 2. The lowest BCUT2D eigenvalue weighted by atomic mass is 9.85. The number of rotatable bonds is 11. The van der Waals surface area contributed by atoms with Gasteiger partial charge in [-0.05, 0) is 84.2 Å². The fourth-order valence-corrected chi connectivity index (χ4v) is 7.22. The molecule has 0 fully saturated rings. The van der Waals surface area contributed by atoms with Crippen molar-refractivity contribution in [3.8, 4) is 28.6 Å². The van der Waals surface area contributed by atoms with E-state index in [-0.39, 0.29) is 17.7 Å². The molecule has 2 heterocycles. The van der Waals surface area contributed by atoms with Crippen LogP contribution in [0.1, 0.15) is 60.8 Å². The van der Waals surface area contributed by atoms with Crippen molar-refractivity contribution in [3.05, 3.63) is 75.1 Å². The first kappa shape index (κ1) is 36.6. The van der Waals surface area contributed by atoms with Crippen molar-refractivity contribution in [1.82, 2.24) is 24.4 Å². The Morgan fingerprint density at radius 2 is 1.82 bits per heavy atom. The molecule has 1 aromatic heterocycles. The lowest BCUT2D eigenvalue weighted by molar-refractivity contribution is 0.174. The number of benzene rings is 3. The average Bonchev–Trinajstić information content (AvgIpc) is 3.73. The minimum absolute atomic E-state index is 0.0172. The lowest BCUT2D eigenvalue weighted by Gasteiger charge is -2.28. The zero-order valence-corrected chi connectivity index (χ0v) is 31.0. The molecule has 15 heteroatoms. The van der Waals surface area contributed by atoms with Crippen LogP contribution in [0.25, 0.3) is 11.4 Å². The Bertz CT molecular complexity index is 1980. The summed E-state index contributed by atoms with van der Waals surface area (Å²) in [6.07, 6.45) is 2.63. The smallest absolute Gasteiger partial charge is 0.323 e. The van der Waals surface area contributed by atoms with Gasteiger partial charge in [0.05, 0.1) is 24.9 Å². The van der Waals surface area contributed by atoms with Crippen molar-refractivity contribution >= 4 is 40.3 Å². The van der Waals surface area contributed by atoms with Crippen LogP contribution in [0.2, 0.25) is 5.02 Å². The summed E-state index contributed by atoms with van der Waals surface area (Å²) in [5, 5.41) is 25.6. The zero-order chi connectivity index (χ0) is 36.4. The van der Waals surface area contributed by atoms with Gasteiger partial charge in [-0.3, -0.25) is 9.11 Å². The van der Waals surface area contributed by atoms with Crippen molar-refractivity contribution in [2.24, 2.45) is 0 Å². The number of aromatic hydroxyl groups is 1. The summed E-state index contributed by atoms with van der Waals surface area (Å²) in [6, 6.07) is 10.2. The van der Waals surface area contributed by atoms with Crippen LogP contribution >= 0.6 is 11.6 Å². The number of aryl methyl sites for hydroxylation is 1. The maximum absolute atomic E-state index is 13.5. The van der Waals surface area contributed by atoms with Gasteiger partial charge < -0.3 is 34.3 Å². The van der Waals surface area contributed by atoms with E-state index in [1.165, 1.54) is 7.11 Å². The highest BCUT2D eigenvalue weighted by Gasteiger charge is 2.26. The third kappa shape index (κ3) is 8.15. The molecule has 0 saturated carbocycles. The molecule has 0 bridgehead atoms. The standard InChI is InChI=1S/C36H44ClN7O6S/c1-21-15-28(39-35(46)40-29-17-23(36(2,3)4)16-22(33(29)49-5)19-38-51(47)48)25-7-6-8-26(25)32(21)50-14-13-43-11-12-44-31(20-43)41-42-34(44)27-18-24(37)9-10-30(27)45/h9-10,15-18,38,45H,6-8,11-14,19-20H2,1-5H3,(H,47,48)(H2,39,40,46)/p-1. The van der Waals surface area contributed by atoms with Crippen molar-refractivity contribution in [1.29, 1.82) is 0 Å². The molecule has 6 rings (SSSR count). The number of anilines is 2. The minimum atomic E-state index is -2.45. The number of carbonyl (C=O) groups is 1. The van der Waals surface area contributed by atoms with Crippen LogP contribution in [0.4, 0.5) is 16.2 Å². The number of hydrogen-bond donors (Lipinski definition) is 4. The number of methoxy groups -OCH3 is 1. The monoisotopic (exact) mass is 736 g/mol. The highest BCUT2D eigenvalue weighted by Crippen LogP contribution is 2.40. The van der Waals surface area contributed by atoms with Crippen molar-refractivity contribution < 1.29 is 28.1 Å². The molecule has 0 spiro atoms. The van der Waals surface area contributed by atoms with E-state index in [4.69, 9.17) is 21.1 Å². The number of hydrogen-bond acceptors (Lipinski definition) is 9. The number of halogens is 1. The fourth-order valence-electron chi connectivity index (χ4n) is 6.77. The Balaban J connectivity index is 1.12. The van der Waals surface area contributed by atoms with Gasteiger partial charge in [-0.1, -0.05) is 38.4 Å². The van der Waals surface area contributed by atoms with E-state index in [1.807, 2.05) is 50.5 Å². The highest BCUT2D eigenvalue weighted by atomic mass is 35.5. The first-order chi connectivity index (χ1) is 24.3. The Hall–Kier alpha value is -4.21. The SMILES string of the molecule is COc1c(CNS(=O)[O-])cc(C(C)(C)C)cc1NC(=O)Nc1cc(C)c(OCCN2CCn3c(nnc3-c3cc(Cl)ccc3O)C2)c2c1CCC2. The number of amides is 2. The molecular formula is C36H43ClN7O6S-. The molecule has 1 atom stereocenters. The van der Waals surface area contributed by atoms with E-state index >= 15 is 0 Å². The molecular weight excluding hydrogens is 694 g/mol. The molecule has 3 aromatic carbocycles. The van der Waals surface area contributed by atoms with Crippen LogP contribution in [0.3, 0.4) is 0 Å². The molecule has 1 aliphatic heterocycles. The average molecular weight is 737 g/mol. The maximum Gasteiger partial charge on any atom is 0.323 e. The summed E-state index contributed by atoms with van der Waals surface area (Å²) in [5.41, 5.74) is 6.10. The molecule has 51 heavy (non-hydrogen) atoms. The summed E-state index contributed by atoms with van der Waals surface area (Å²) in [7, 11) is 1.49. The third-order valence-corrected chi connectivity index (χ3v) is 9.95. The number of phenolic OH excluding ortho intramolecular Hbond substituents is 1. The predicted octanol–water partition coefficient (Wildman–Crippen LogP) is 5.83. The van der Waals surface area contributed by atoms with Gasteiger partial charge in [0.1, 0.15) is 29.7 Å². The highest BCUT2D eigenvalue weighted by molar-refractivity contribution is 7.77. The summed E-state index contributed by atoms with van der Waals surface area (Å²) in [5.74, 6) is 2.78. The van der Waals surface area contributed by atoms with Gasteiger partial charge in [0, 0.05) is 53.7 Å². The van der Waals surface area contributed by atoms with Gasteiger partial charge in [-0.2, -0.15) is 0 Å². The van der Waals surface area contributed by atoms with E-state index in [0.717, 1.165) is 65.3 Å². The van der Waals surface area contributed by atoms with Gasteiger partial charge in [0.25, 0.3) is 0 Å². The number of nitrogens with one attached hydrogen (secondary N) is 3. The van der Waals surface area contributed by atoms with Gasteiger partial charge in [-0.25, -0.2) is 9.52 Å². The zero-order valence-electron chi connectivity index (χ0n) is 29.4. The van der Waals surface area contributed by atoms with Crippen LogP contribution in [-0.2, 0) is 49.2 Å². The molecule has 272 valence electrons. The topological polar surface area (TPSA) is 166 Å². The number of fused-ring (bicyclic) bond motifs is 2. The second kappa shape index (κ2) is 15.2. The van der Waals surface area contributed by atoms with Crippen molar-refractivity contribution in [2.75, 3.05) is 37.4 Å². The van der Waals surface area contributed by atoms with E-state index in [1.54, 1.807) is 18.2 Å². The molecule has 0 saturated heterocycles. The predicted molar refractivity (Wildman–Crippen MR) is 196 cm³/mol. The Labute approximate surface area is 305 Å². The number of urea groups is 1. The normalized spacial score (nSPS) is 14.9. The summed E-state index contributed by atoms with van der Waals surface area (Å²) in [6.45, 7) is 11.4. The molecule has 4 aromatic rings. The van der Waals surface area contributed by atoms with Crippen LogP contribution in [-0.4, -0.2) is 66.4 Å². The second-order valence-electron chi connectivity index (χ2n) is 13.9. The number of phenols is 1. The van der Waals surface area contributed by atoms with E-state index < -0.39 is 17.3 Å². The first-order valence-corrected chi connectivity index (χ1v) is 18.3. The lowest BCUT2D eigenvalue weighted by Crippen LogP contribution is -2.36. The molecule has 0 radical (unpaired) electrons. The van der Waals surface area contributed by atoms with Crippen LogP contribution in [0.15, 0.2) is 36.4 Å². The van der Waals surface area contributed by atoms with Gasteiger partial charge in [0.2, 0.25) is 0 Å². The Morgan fingerprint density at radius 3 is 2.57 bits per heavy atom. The van der Waals surface area contributed by atoms with Gasteiger partial charge in [0.15, 0.2) is 5.82 Å². The largest absolute Gasteiger partial charge is 0.760 e. The molecule has 1 aliphatic carbocycles. The van der Waals surface area contributed by atoms with Gasteiger partial charge in [-0.15, -0.1) is 10.2 Å². The quantitative estimate of drug-likeness (QED) is 0.139. The van der Waals surface area contributed by atoms with E-state index in [0.29, 0.717) is 59.7 Å². The maximum atomic E-state index is 13.5. The molecule has 2 aliphatic rings. The second-order valence-corrected chi connectivity index (χ2v) is 15.1. The molecule has 4 N–H and O–H groups in total. The Kier molecular flexibility index (Phi) is 10.9. The van der Waals surface area contributed by atoms with Crippen LogP contribution in [0, 0.1) is 6.92 Å². The van der Waals surface area contributed by atoms with E-state index in [2.05, 4.69) is 30.5 Å². The Morgan fingerprint density at radius 1 is 1.06 bits per heavy atom. The molecule has 13 nitrogen and oxygen atoms in total. The number of nitrogens with zero attached hydrogens (tertiary/aromatic N) is 4. The van der Waals surface area contributed by atoms with Crippen molar-refractivity contribution in [3.63, 3.8) is 0 Å².